The first-order valence-corrected chi connectivity index (χ1v) is 11.2. The molecule has 0 heterocycles. The summed E-state index contributed by atoms with van der Waals surface area (Å²) < 4.78 is 16.2. The molecule has 0 radical (unpaired) electrons. The number of methoxy groups -OCH3 is 1. The third-order valence-corrected chi connectivity index (χ3v) is 4.52. The lowest BCUT2D eigenvalue weighted by Gasteiger charge is -2.11. The van der Waals surface area contributed by atoms with Crippen LogP contribution < -0.4 is 25.5 Å². The lowest BCUT2D eigenvalue weighted by Crippen LogP contribution is -2.38. The van der Waals surface area contributed by atoms with Crippen LogP contribution in [0.1, 0.15) is 31.4 Å². The Morgan fingerprint density at radius 2 is 1.77 bits per heavy atom. The van der Waals surface area contributed by atoms with Crippen LogP contribution in [0.2, 0.25) is 0 Å². The summed E-state index contributed by atoms with van der Waals surface area (Å²) in [6.07, 6.45) is 2.08. The number of hydrogen-bond donors (Lipinski definition) is 3. The SMILES string of the molecule is COc1cc(/C=N\NC(=O)C(=O)NCCCOC(C)C)ccc1OCC(=O)NCc1ccccc1. The van der Waals surface area contributed by atoms with Crippen molar-refractivity contribution >= 4 is 23.9 Å². The van der Waals surface area contributed by atoms with E-state index in [1.165, 1.54) is 13.3 Å². The fourth-order valence-electron chi connectivity index (χ4n) is 2.76. The van der Waals surface area contributed by atoms with Gasteiger partial charge in [-0.25, -0.2) is 5.43 Å². The Morgan fingerprint density at radius 3 is 2.49 bits per heavy atom. The first-order valence-electron chi connectivity index (χ1n) is 11.2. The number of hydrazone groups is 1. The molecule has 10 heteroatoms. The third-order valence-electron chi connectivity index (χ3n) is 4.52. The van der Waals surface area contributed by atoms with Crippen LogP contribution in [0.15, 0.2) is 53.6 Å². The number of amides is 3. The average Bonchev–Trinajstić information content (AvgIpc) is 2.86. The van der Waals surface area contributed by atoms with E-state index in [1.807, 2.05) is 44.2 Å². The highest BCUT2D eigenvalue weighted by Gasteiger charge is 2.12. The number of hydrogen-bond acceptors (Lipinski definition) is 7. The van der Waals surface area contributed by atoms with Crippen LogP contribution in [-0.4, -0.2) is 56.9 Å². The number of ether oxygens (including phenoxy) is 3. The second-order valence-electron chi connectivity index (χ2n) is 7.69. The number of rotatable bonds is 13. The van der Waals surface area contributed by atoms with E-state index in [0.717, 1.165) is 5.56 Å². The maximum atomic E-state index is 12.1. The fourth-order valence-corrected chi connectivity index (χ4v) is 2.76. The lowest BCUT2D eigenvalue weighted by atomic mass is 10.2. The molecule has 0 aliphatic heterocycles. The van der Waals surface area contributed by atoms with Gasteiger partial charge in [0.05, 0.1) is 19.4 Å². The molecule has 2 aromatic carbocycles. The Kier molecular flexibility index (Phi) is 11.8. The molecule has 2 rings (SSSR count). The van der Waals surface area contributed by atoms with Gasteiger partial charge < -0.3 is 24.8 Å². The molecule has 0 unspecified atom stereocenters. The van der Waals surface area contributed by atoms with Crippen LogP contribution in [0.5, 0.6) is 11.5 Å². The Labute approximate surface area is 205 Å². The van der Waals surface area contributed by atoms with Gasteiger partial charge in [-0.1, -0.05) is 30.3 Å². The lowest BCUT2D eigenvalue weighted by molar-refractivity contribution is -0.139. The highest BCUT2D eigenvalue weighted by Crippen LogP contribution is 2.27. The Balaban J connectivity index is 1.77. The van der Waals surface area contributed by atoms with Crippen molar-refractivity contribution in [1.29, 1.82) is 0 Å². The molecule has 0 fully saturated rings. The molecule has 0 aliphatic rings. The summed E-state index contributed by atoms with van der Waals surface area (Å²) in [6.45, 7) is 4.90. The second kappa shape index (κ2) is 15.1. The molecule has 0 aliphatic carbocycles. The normalized spacial score (nSPS) is 10.7. The molecule has 35 heavy (non-hydrogen) atoms. The van der Waals surface area contributed by atoms with E-state index in [-0.39, 0.29) is 18.6 Å². The van der Waals surface area contributed by atoms with Crippen molar-refractivity contribution in [3.8, 4) is 11.5 Å². The molecule has 0 bridgehead atoms. The maximum Gasteiger partial charge on any atom is 0.329 e. The fraction of sp³-hybridized carbons (Fsp3) is 0.360. The van der Waals surface area contributed by atoms with Crippen LogP contribution in [0.25, 0.3) is 0 Å². The summed E-state index contributed by atoms with van der Waals surface area (Å²) >= 11 is 0. The quantitative estimate of drug-likeness (QED) is 0.172. The molecule has 10 nitrogen and oxygen atoms in total. The van der Waals surface area contributed by atoms with Gasteiger partial charge in [-0.05, 0) is 49.6 Å². The van der Waals surface area contributed by atoms with E-state index in [2.05, 4.69) is 21.2 Å². The summed E-state index contributed by atoms with van der Waals surface area (Å²) in [5, 5.41) is 9.07. The first kappa shape index (κ1) is 27.3. The number of carbonyl (C=O) groups is 3. The van der Waals surface area contributed by atoms with Gasteiger partial charge in [-0.2, -0.15) is 5.10 Å². The van der Waals surface area contributed by atoms with Crippen molar-refractivity contribution in [1.82, 2.24) is 16.1 Å². The zero-order chi connectivity index (χ0) is 25.5. The molecule has 3 N–H and O–H groups in total. The minimum atomic E-state index is -0.875. The Morgan fingerprint density at radius 1 is 1.00 bits per heavy atom. The van der Waals surface area contributed by atoms with Crippen molar-refractivity contribution in [3.63, 3.8) is 0 Å². The van der Waals surface area contributed by atoms with Gasteiger partial charge in [-0.3, -0.25) is 14.4 Å². The molecular formula is C25H32N4O6. The van der Waals surface area contributed by atoms with Gasteiger partial charge in [0, 0.05) is 19.7 Å². The summed E-state index contributed by atoms with van der Waals surface area (Å²) in [4.78, 5) is 35.7. The standard InChI is InChI=1S/C25H32N4O6/c1-18(2)34-13-7-12-26-24(31)25(32)29-28-16-20-10-11-21(22(14-20)33-3)35-17-23(30)27-15-19-8-5-4-6-9-19/h4-6,8-11,14,16,18H,7,12-13,15,17H2,1-3H3,(H,26,31)(H,27,30)(H,29,32)/b28-16-. The molecule has 0 saturated carbocycles. The average molecular weight is 485 g/mol. The molecule has 0 atom stereocenters. The third kappa shape index (κ3) is 10.7. The van der Waals surface area contributed by atoms with Crippen LogP contribution in [0, 0.1) is 0 Å². The zero-order valence-electron chi connectivity index (χ0n) is 20.2. The smallest absolute Gasteiger partial charge is 0.329 e. The summed E-state index contributed by atoms with van der Waals surface area (Å²) in [7, 11) is 1.47. The monoisotopic (exact) mass is 484 g/mol. The highest BCUT2D eigenvalue weighted by atomic mass is 16.5. The predicted octanol–water partition coefficient (Wildman–Crippen LogP) is 1.77. The summed E-state index contributed by atoms with van der Waals surface area (Å²) in [5.74, 6) is -1.16. The molecular weight excluding hydrogens is 452 g/mol. The maximum absolute atomic E-state index is 12.1. The summed E-state index contributed by atoms with van der Waals surface area (Å²) in [5.41, 5.74) is 3.75. The van der Waals surface area contributed by atoms with E-state index in [1.54, 1.807) is 18.2 Å². The number of nitrogens with zero attached hydrogens (tertiary/aromatic N) is 1. The van der Waals surface area contributed by atoms with Crippen molar-refractivity contribution in [2.75, 3.05) is 26.9 Å². The number of benzene rings is 2. The molecule has 0 spiro atoms. The second-order valence-corrected chi connectivity index (χ2v) is 7.69. The van der Waals surface area contributed by atoms with Crippen molar-refractivity contribution in [2.24, 2.45) is 5.10 Å². The van der Waals surface area contributed by atoms with Crippen molar-refractivity contribution in [3.05, 3.63) is 59.7 Å². The van der Waals surface area contributed by atoms with Gasteiger partial charge in [0.2, 0.25) is 0 Å². The van der Waals surface area contributed by atoms with Crippen LogP contribution >= 0.6 is 0 Å². The van der Waals surface area contributed by atoms with Gasteiger partial charge in [0.15, 0.2) is 18.1 Å². The topological polar surface area (TPSA) is 127 Å². The van der Waals surface area contributed by atoms with Gasteiger partial charge in [-0.15, -0.1) is 0 Å². The van der Waals surface area contributed by atoms with Gasteiger partial charge in [0.25, 0.3) is 5.91 Å². The largest absolute Gasteiger partial charge is 0.493 e. The van der Waals surface area contributed by atoms with E-state index < -0.39 is 11.8 Å². The zero-order valence-corrected chi connectivity index (χ0v) is 20.2. The van der Waals surface area contributed by atoms with E-state index in [0.29, 0.717) is 43.2 Å². The Hall–Kier alpha value is -3.92. The van der Waals surface area contributed by atoms with Crippen LogP contribution in [0.4, 0.5) is 0 Å². The van der Waals surface area contributed by atoms with Crippen molar-refractivity contribution < 1.29 is 28.6 Å². The molecule has 3 amide bonds. The molecule has 2 aromatic rings. The predicted molar refractivity (Wildman–Crippen MR) is 131 cm³/mol. The molecule has 188 valence electrons. The Bertz CT molecular complexity index is 995. The van der Waals surface area contributed by atoms with Gasteiger partial charge >= 0.3 is 11.8 Å². The molecule has 0 aromatic heterocycles. The minimum Gasteiger partial charge on any atom is -0.493 e. The van der Waals surface area contributed by atoms with Crippen LogP contribution in [0.3, 0.4) is 0 Å². The number of carbonyl (C=O) groups excluding carboxylic acids is 3. The number of nitrogens with one attached hydrogen (secondary N) is 3. The van der Waals surface area contributed by atoms with E-state index >= 15 is 0 Å². The van der Waals surface area contributed by atoms with E-state index in [9.17, 15) is 14.4 Å². The van der Waals surface area contributed by atoms with Crippen LogP contribution in [-0.2, 0) is 25.7 Å². The molecule has 0 saturated heterocycles. The van der Waals surface area contributed by atoms with E-state index in [4.69, 9.17) is 14.2 Å². The first-order chi connectivity index (χ1) is 16.9. The minimum absolute atomic E-state index is 0.118. The van der Waals surface area contributed by atoms with Crippen molar-refractivity contribution in [2.45, 2.75) is 32.9 Å². The summed E-state index contributed by atoms with van der Waals surface area (Å²) in [6, 6.07) is 14.5. The highest BCUT2D eigenvalue weighted by molar-refractivity contribution is 6.35. The van der Waals surface area contributed by atoms with Gasteiger partial charge in [0.1, 0.15) is 0 Å².